The second kappa shape index (κ2) is 5.53. The van der Waals surface area contributed by atoms with Gasteiger partial charge in [-0.1, -0.05) is 12.2 Å². The number of amides is 1. The Morgan fingerprint density at radius 3 is 2.73 bits per heavy atom. The second-order valence-corrected chi connectivity index (χ2v) is 8.64. The number of carbonyl (C=O) groups is 1. The van der Waals surface area contributed by atoms with E-state index in [1.807, 2.05) is 34.0 Å². The molecule has 1 spiro atoms. The van der Waals surface area contributed by atoms with Gasteiger partial charge in [-0.25, -0.2) is 14.8 Å². The van der Waals surface area contributed by atoms with Gasteiger partial charge in [-0.15, -0.1) is 0 Å². The van der Waals surface area contributed by atoms with Crippen molar-refractivity contribution >= 4 is 23.2 Å². The molecule has 2 heterocycles. The molecule has 0 saturated heterocycles. The standard InChI is InChI=1S/C19H25N5O2/c1-11-8-19(6-7-19)9-13(11)24-10-20-14-12(2)21-16(22-15(14)24)23-17(25)26-18(3,4)5/h10,13H,1,6-9H2,2-5H3,(H,21,22,23,25). The van der Waals surface area contributed by atoms with Crippen LogP contribution in [0.5, 0.6) is 0 Å². The zero-order valence-electron chi connectivity index (χ0n) is 15.8. The minimum absolute atomic E-state index is 0.214. The molecule has 0 bridgehead atoms. The Morgan fingerprint density at radius 2 is 2.12 bits per heavy atom. The molecule has 7 nitrogen and oxygen atoms in total. The Kier molecular flexibility index (Phi) is 3.61. The van der Waals surface area contributed by atoms with Crippen molar-refractivity contribution < 1.29 is 9.53 Å². The van der Waals surface area contributed by atoms with Crippen molar-refractivity contribution in [3.63, 3.8) is 0 Å². The lowest BCUT2D eigenvalue weighted by Gasteiger charge is -2.19. The van der Waals surface area contributed by atoms with Crippen LogP contribution in [-0.4, -0.2) is 31.2 Å². The second-order valence-electron chi connectivity index (χ2n) is 8.64. The van der Waals surface area contributed by atoms with Crippen LogP contribution in [0.3, 0.4) is 0 Å². The van der Waals surface area contributed by atoms with E-state index in [1.54, 1.807) is 0 Å². The SMILES string of the molecule is C=C1CC2(CC2)CC1n1cnc2c(C)nc(NC(=O)OC(C)(C)C)nc21. The van der Waals surface area contributed by atoms with Gasteiger partial charge in [0.1, 0.15) is 11.1 Å². The van der Waals surface area contributed by atoms with E-state index in [0.29, 0.717) is 5.41 Å². The van der Waals surface area contributed by atoms with Gasteiger partial charge in [-0.05, 0) is 58.8 Å². The highest BCUT2D eigenvalue weighted by Crippen LogP contribution is 2.62. The van der Waals surface area contributed by atoms with Crippen LogP contribution in [0.25, 0.3) is 11.2 Å². The first-order valence-corrected chi connectivity index (χ1v) is 9.05. The van der Waals surface area contributed by atoms with Crippen molar-refractivity contribution in [2.24, 2.45) is 5.41 Å². The van der Waals surface area contributed by atoms with Gasteiger partial charge in [-0.2, -0.15) is 4.98 Å². The summed E-state index contributed by atoms with van der Waals surface area (Å²) in [4.78, 5) is 25.4. The number of hydrogen-bond acceptors (Lipinski definition) is 5. The maximum atomic E-state index is 12.1. The normalized spacial score (nSPS) is 21.4. The van der Waals surface area contributed by atoms with Crippen LogP contribution in [-0.2, 0) is 4.74 Å². The molecule has 2 aliphatic carbocycles. The minimum atomic E-state index is -0.578. The smallest absolute Gasteiger partial charge is 0.414 e. The number of allylic oxidation sites excluding steroid dienone is 1. The first-order chi connectivity index (χ1) is 12.2. The molecule has 2 saturated carbocycles. The van der Waals surface area contributed by atoms with E-state index in [4.69, 9.17) is 4.74 Å². The number of ether oxygens (including phenoxy) is 1. The first kappa shape index (κ1) is 17.0. The van der Waals surface area contributed by atoms with Crippen molar-refractivity contribution in [2.45, 2.75) is 65.0 Å². The molecule has 2 fully saturated rings. The van der Waals surface area contributed by atoms with Crippen molar-refractivity contribution in [2.75, 3.05) is 5.32 Å². The number of imidazole rings is 1. The quantitative estimate of drug-likeness (QED) is 0.818. The van der Waals surface area contributed by atoms with Crippen LogP contribution in [0.1, 0.15) is 58.2 Å². The molecule has 0 aromatic carbocycles. The third-order valence-electron chi connectivity index (χ3n) is 5.20. The Bertz CT molecular complexity index is 905. The zero-order valence-corrected chi connectivity index (χ0v) is 15.8. The average Bonchev–Trinajstić information content (AvgIpc) is 2.97. The number of hydrogen-bond donors (Lipinski definition) is 1. The van der Waals surface area contributed by atoms with Gasteiger partial charge in [0.25, 0.3) is 0 Å². The van der Waals surface area contributed by atoms with Gasteiger partial charge in [0.05, 0.1) is 18.1 Å². The van der Waals surface area contributed by atoms with Gasteiger partial charge < -0.3 is 9.30 Å². The summed E-state index contributed by atoms with van der Waals surface area (Å²) in [7, 11) is 0. The summed E-state index contributed by atoms with van der Waals surface area (Å²) in [6, 6.07) is 0.214. The van der Waals surface area contributed by atoms with Crippen molar-refractivity contribution in [3.8, 4) is 0 Å². The van der Waals surface area contributed by atoms with Crippen molar-refractivity contribution in [1.82, 2.24) is 19.5 Å². The van der Waals surface area contributed by atoms with Gasteiger partial charge in [0.15, 0.2) is 5.65 Å². The number of carbonyl (C=O) groups excluding carboxylic acids is 1. The zero-order chi connectivity index (χ0) is 18.7. The predicted octanol–water partition coefficient (Wildman–Crippen LogP) is 4.15. The molecule has 2 aromatic heterocycles. The topological polar surface area (TPSA) is 81.9 Å². The molecule has 1 unspecified atom stereocenters. The number of nitrogens with one attached hydrogen (secondary N) is 1. The van der Waals surface area contributed by atoms with E-state index in [0.717, 1.165) is 29.7 Å². The fourth-order valence-electron chi connectivity index (χ4n) is 3.82. The summed E-state index contributed by atoms with van der Waals surface area (Å²) < 4.78 is 7.37. The van der Waals surface area contributed by atoms with Crippen LogP contribution in [0.15, 0.2) is 18.5 Å². The number of aromatic nitrogens is 4. The minimum Gasteiger partial charge on any atom is -0.444 e. The Labute approximate surface area is 152 Å². The van der Waals surface area contributed by atoms with Crippen LogP contribution in [0.4, 0.5) is 10.7 Å². The molecule has 4 rings (SSSR count). The molecule has 1 amide bonds. The van der Waals surface area contributed by atoms with Crippen LogP contribution >= 0.6 is 0 Å². The summed E-state index contributed by atoms with van der Waals surface area (Å²) in [6.07, 6.45) is 6.01. The number of anilines is 1. The van der Waals surface area contributed by atoms with E-state index >= 15 is 0 Å². The van der Waals surface area contributed by atoms with Crippen LogP contribution < -0.4 is 5.32 Å². The summed E-state index contributed by atoms with van der Waals surface area (Å²) in [6.45, 7) is 11.6. The molecule has 0 radical (unpaired) electrons. The number of nitrogens with zero attached hydrogens (tertiary/aromatic N) is 4. The molecule has 2 aliphatic rings. The fourth-order valence-corrected chi connectivity index (χ4v) is 3.82. The molecular formula is C19H25N5O2. The van der Waals surface area contributed by atoms with E-state index < -0.39 is 11.7 Å². The predicted molar refractivity (Wildman–Crippen MR) is 99.0 cm³/mol. The summed E-state index contributed by atoms with van der Waals surface area (Å²) in [5, 5.41) is 2.63. The van der Waals surface area contributed by atoms with Gasteiger partial charge in [0, 0.05) is 0 Å². The first-order valence-electron chi connectivity index (χ1n) is 9.05. The molecule has 0 aliphatic heterocycles. The van der Waals surface area contributed by atoms with Crippen LogP contribution in [0, 0.1) is 12.3 Å². The van der Waals surface area contributed by atoms with E-state index in [-0.39, 0.29) is 12.0 Å². The van der Waals surface area contributed by atoms with E-state index in [9.17, 15) is 4.79 Å². The third kappa shape index (κ3) is 3.06. The van der Waals surface area contributed by atoms with Crippen molar-refractivity contribution in [1.29, 1.82) is 0 Å². The monoisotopic (exact) mass is 355 g/mol. The highest BCUT2D eigenvalue weighted by molar-refractivity contribution is 5.84. The number of rotatable bonds is 2. The lowest BCUT2D eigenvalue weighted by molar-refractivity contribution is 0.0634. The highest BCUT2D eigenvalue weighted by Gasteiger charge is 2.50. The lowest BCUT2D eigenvalue weighted by Crippen LogP contribution is -2.28. The maximum Gasteiger partial charge on any atom is 0.414 e. The number of fused-ring (bicyclic) bond motifs is 1. The lowest BCUT2D eigenvalue weighted by atomic mass is 10.1. The molecule has 7 heteroatoms. The summed E-state index contributed by atoms with van der Waals surface area (Å²) in [5.74, 6) is 0.232. The van der Waals surface area contributed by atoms with E-state index in [2.05, 4.69) is 31.4 Å². The van der Waals surface area contributed by atoms with Gasteiger partial charge >= 0.3 is 6.09 Å². The van der Waals surface area contributed by atoms with E-state index in [1.165, 1.54) is 18.4 Å². The average molecular weight is 355 g/mol. The largest absolute Gasteiger partial charge is 0.444 e. The molecule has 1 N–H and O–H groups in total. The number of aryl methyl sites for hydroxylation is 1. The highest BCUT2D eigenvalue weighted by atomic mass is 16.6. The van der Waals surface area contributed by atoms with Gasteiger partial charge in [0.2, 0.25) is 5.95 Å². The molecular weight excluding hydrogens is 330 g/mol. The Balaban J connectivity index is 1.65. The molecule has 2 aromatic rings. The molecule has 26 heavy (non-hydrogen) atoms. The Morgan fingerprint density at radius 1 is 1.38 bits per heavy atom. The molecule has 138 valence electrons. The Hall–Kier alpha value is -2.44. The third-order valence-corrected chi connectivity index (χ3v) is 5.20. The summed E-state index contributed by atoms with van der Waals surface area (Å²) in [5.41, 5.74) is 3.32. The molecule has 1 atom stereocenters. The maximum absolute atomic E-state index is 12.1. The fraction of sp³-hybridized carbons (Fsp3) is 0.579. The van der Waals surface area contributed by atoms with Crippen molar-refractivity contribution in [3.05, 3.63) is 24.2 Å². The van der Waals surface area contributed by atoms with Crippen LogP contribution in [0.2, 0.25) is 0 Å². The van der Waals surface area contributed by atoms with Gasteiger partial charge in [-0.3, -0.25) is 5.32 Å². The summed E-state index contributed by atoms with van der Waals surface area (Å²) >= 11 is 0.